The number of anilines is 1. The number of rotatable bonds is 9. The first-order valence-corrected chi connectivity index (χ1v) is 12.1. The van der Waals surface area contributed by atoms with Crippen molar-refractivity contribution < 1.29 is 13.2 Å². The number of carbonyl (C=O) groups excluding carboxylic acids is 1. The quantitative estimate of drug-likeness (QED) is 0.446. The molecular formula is C19H24ClN5O3S2. The lowest BCUT2D eigenvalue weighted by Gasteiger charge is -2.16. The zero-order valence-electron chi connectivity index (χ0n) is 17.0. The molecule has 11 heteroatoms. The van der Waals surface area contributed by atoms with E-state index in [9.17, 15) is 13.2 Å². The van der Waals surface area contributed by atoms with Crippen LogP contribution in [0.3, 0.4) is 0 Å². The Labute approximate surface area is 185 Å². The average Bonchev–Trinajstić information content (AvgIpc) is 3.46. The van der Waals surface area contributed by atoms with Crippen molar-refractivity contribution in [2.24, 2.45) is 0 Å². The molecule has 162 valence electrons. The van der Waals surface area contributed by atoms with E-state index < -0.39 is 15.3 Å². The fourth-order valence-corrected chi connectivity index (χ4v) is 5.02. The van der Waals surface area contributed by atoms with E-state index in [2.05, 4.69) is 22.1 Å². The van der Waals surface area contributed by atoms with Crippen LogP contribution in [0.1, 0.15) is 31.5 Å². The van der Waals surface area contributed by atoms with Crippen LogP contribution in [0, 0.1) is 0 Å². The Kier molecular flexibility index (Phi) is 6.91. The Morgan fingerprint density at radius 3 is 2.73 bits per heavy atom. The molecule has 0 aliphatic heterocycles. The van der Waals surface area contributed by atoms with Crippen molar-refractivity contribution in [2.45, 2.75) is 47.5 Å². The zero-order chi connectivity index (χ0) is 22.1. The summed E-state index contributed by atoms with van der Waals surface area (Å²) in [6.45, 7) is 6.13. The fourth-order valence-electron chi connectivity index (χ4n) is 2.76. The number of aromatic nitrogens is 3. The summed E-state index contributed by atoms with van der Waals surface area (Å²) in [6.07, 6.45) is 3.99. The summed E-state index contributed by atoms with van der Waals surface area (Å²) in [6, 6.07) is 4.38. The Hall–Kier alpha value is -1.88. The van der Waals surface area contributed by atoms with Gasteiger partial charge in [-0.05, 0) is 38.0 Å². The molecule has 0 radical (unpaired) electrons. The maximum absolute atomic E-state index is 12.7. The van der Waals surface area contributed by atoms with E-state index in [0.29, 0.717) is 23.3 Å². The molecular weight excluding hydrogens is 446 g/mol. The largest absolute Gasteiger partial charge is 0.325 e. The van der Waals surface area contributed by atoms with E-state index in [4.69, 9.17) is 11.6 Å². The second-order valence-electron chi connectivity index (χ2n) is 7.20. The SMILES string of the molecule is C=CCn1c(S[C@H](C)C(=O)Nc2ccc(Cl)c(S(=O)(=O)N(C)C)c2)nnc1C1CC1. The number of sulfonamides is 1. The first-order valence-electron chi connectivity index (χ1n) is 9.38. The highest BCUT2D eigenvalue weighted by Crippen LogP contribution is 2.40. The van der Waals surface area contributed by atoms with Gasteiger partial charge in [-0.1, -0.05) is 29.4 Å². The molecule has 8 nitrogen and oxygen atoms in total. The molecule has 0 bridgehead atoms. The van der Waals surface area contributed by atoms with E-state index in [1.165, 1.54) is 38.0 Å². The van der Waals surface area contributed by atoms with Crippen LogP contribution < -0.4 is 5.32 Å². The molecule has 1 fully saturated rings. The van der Waals surface area contributed by atoms with Crippen LogP contribution in [0.5, 0.6) is 0 Å². The molecule has 1 aromatic heterocycles. The van der Waals surface area contributed by atoms with Crippen LogP contribution in [0.15, 0.2) is 40.9 Å². The Morgan fingerprint density at radius 2 is 2.13 bits per heavy atom. The number of nitrogens with zero attached hydrogens (tertiary/aromatic N) is 4. The molecule has 1 heterocycles. The highest BCUT2D eigenvalue weighted by Gasteiger charge is 2.31. The van der Waals surface area contributed by atoms with Crippen molar-refractivity contribution in [1.29, 1.82) is 0 Å². The fraction of sp³-hybridized carbons (Fsp3) is 0.421. The molecule has 0 unspecified atom stereocenters. The van der Waals surface area contributed by atoms with Crippen LogP contribution in [0.2, 0.25) is 5.02 Å². The van der Waals surface area contributed by atoms with E-state index in [1.54, 1.807) is 19.1 Å². The number of benzene rings is 1. The highest BCUT2D eigenvalue weighted by atomic mass is 35.5. The van der Waals surface area contributed by atoms with E-state index >= 15 is 0 Å². The summed E-state index contributed by atoms with van der Waals surface area (Å²) in [5, 5.41) is 11.6. The first-order chi connectivity index (χ1) is 14.1. The summed E-state index contributed by atoms with van der Waals surface area (Å²) >= 11 is 7.36. The molecule has 0 saturated heterocycles. The minimum atomic E-state index is -3.73. The topological polar surface area (TPSA) is 97.2 Å². The highest BCUT2D eigenvalue weighted by molar-refractivity contribution is 8.00. The van der Waals surface area contributed by atoms with Crippen LogP contribution >= 0.6 is 23.4 Å². The molecule has 2 aromatic rings. The number of nitrogens with one attached hydrogen (secondary N) is 1. The van der Waals surface area contributed by atoms with Crippen molar-refractivity contribution in [3.05, 3.63) is 41.7 Å². The van der Waals surface area contributed by atoms with Gasteiger partial charge in [-0.25, -0.2) is 12.7 Å². The van der Waals surface area contributed by atoms with E-state index in [-0.39, 0.29) is 15.8 Å². The predicted molar refractivity (Wildman–Crippen MR) is 118 cm³/mol. The zero-order valence-corrected chi connectivity index (χ0v) is 19.4. The normalized spacial score (nSPS) is 15.2. The van der Waals surface area contributed by atoms with Crippen molar-refractivity contribution in [1.82, 2.24) is 19.1 Å². The average molecular weight is 470 g/mol. The van der Waals surface area contributed by atoms with E-state index in [1.807, 2.05) is 4.57 Å². The standard InChI is InChI=1S/C19H24ClN5O3S2/c1-5-10-25-17(13-6-7-13)22-23-19(25)29-12(2)18(26)21-14-8-9-15(20)16(11-14)30(27,28)24(3)4/h5,8-9,11-13H,1,6-7,10H2,2-4H3,(H,21,26)/t12-/m1/s1. The lowest BCUT2D eigenvalue weighted by Crippen LogP contribution is -2.24. The third-order valence-corrected chi connectivity index (χ3v) is 7.99. The monoisotopic (exact) mass is 469 g/mol. The summed E-state index contributed by atoms with van der Waals surface area (Å²) in [5.41, 5.74) is 0.350. The van der Waals surface area contributed by atoms with Gasteiger partial charge < -0.3 is 9.88 Å². The molecule has 1 amide bonds. The summed E-state index contributed by atoms with van der Waals surface area (Å²) in [5.74, 6) is 1.08. The Bertz CT molecular complexity index is 1060. The third kappa shape index (κ3) is 4.88. The molecule has 30 heavy (non-hydrogen) atoms. The Morgan fingerprint density at radius 1 is 1.43 bits per heavy atom. The van der Waals surface area contributed by atoms with Gasteiger partial charge in [-0.15, -0.1) is 16.8 Å². The first kappa shape index (κ1) is 22.8. The molecule has 1 aliphatic rings. The smallest absolute Gasteiger partial charge is 0.244 e. The molecule has 1 atom stereocenters. The maximum atomic E-state index is 12.7. The van der Waals surface area contributed by atoms with Crippen LogP contribution in [0.25, 0.3) is 0 Å². The van der Waals surface area contributed by atoms with Crippen LogP contribution in [0.4, 0.5) is 5.69 Å². The second-order valence-corrected chi connectivity index (χ2v) is 11.0. The lowest BCUT2D eigenvalue weighted by molar-refractivity contribution is -0.115. The number of halogens is 1. The van der Waals surface area contributed by atoms with Crippen molar-refractivity contribution in [3.8, 4) is 0 Å². The summed E-state index contributed by atoms with van der Waals surface area (Å²) in [4.78, 5) is 12.7. The molecule has 3 rings (SSSR count). The summed E-state index contributed by atoms with van der Waals surface area (Å²) in [7, 11) is -0.889. The Balaban J connectivity index is 1.75. The number of hydrogen-bond acceptors (Lipinski definition) is 6. The predicted octanol–water partition coefficient (Wildman–Crippen LogP) is 3.36. The van der Waals surface area contributed by atoms with Crippen LogP contribution in [-0.4, -0.2) is 52.7 Å². The van der Waals surface area contributed by atoms with Crippen molar-refractivity contribution in [3.63, 3.8) is 0 Å². The number of amides is 1. The van der Waals surface area contributed by atoms with Gasteiger partial charge >= 0.3 is 0 Å². The van der Waals surface area contributed by atoms with Gasteiger partial charge in [-0.3, -0.25) is 4.79 Å². The molecule has 1 aromatic carbocycles. The van der Waals surface area contributed by atoms with E-state index in [0.717, 1.165) is 23.0 Å². The maximum Gasteiger partial charge on any atom is 0.244 e. The molecule has 1 N–H and O–H groups in total. The lowest BCUT2D eigenvalue weighted by atomic mass is 10.3. The minimum Gasteiger partial charge on any atom is -0.325 e. The minimum absolute atomic E-state index is 0.0629. The van der Waals surface area contributed by atoms with Gasteiger partial charge in [0.15, 0.2) is 5.16 Å². The summed E-state index contributed by atoms with van der Waals surface area (Å²) < 4.78 is 27.9. The third-order valence-electron chi connectivity index (χ3n) is 4.61. The number of allylic oxidation sites excluding steroid dienone is 1. The molecule has 1 saturated carbocycles. The van der Waals surface area contributed by atoms with Gasteiger partial charge in [0.25, 0.3) is 0 Å². The van der Waals surface area contributed by atoms with Crippen LogP contribution in [-0.2, 0) is 21.4 Å². The number of hydrogen-bond donors (Lipinski definition) is 1. The second kappa shape index (κ2) is 9.09. The van der Waals surface area contributed by atoms with Gasteiger partial charge in [0, 0.05) is 32.2 Å². The van der Waals surface area contributed by atoms with Crippen molar-refractivity contribution in [2.75, 3.05) is 19.4 Å². The van der Waals surface area contributed by atoms with Gasteiger partial charge in [-0.2, -0.15) is 0 Å². The van der Waals surface area contributed by atoms with Crippen molar-refractivity contribution >= 4 is 45.0 Å². The molecule has 0 spiro atoms. The van der Waals surface area contributed by atoms with Gasteiger partial charge in [0.2, 0.25) is 15.9 Å². The number of thioether (sulfide) groups is 1. The molecule has 1 aliphatic carbocycles. The number of carbonyl (C=O) groups is 1. The van der Waals surface area contributed by atoms with Gasteiger partial charge in [0.1, 0.15) is 10.7 Å². The van der Waals surface area contributed by atoms with Gasteiger partial charge in [0.05, 0.1) is 10.3 Å².